The zero-order valence-electron chi connectivity index (χ0n) is 9.45. The van der Waals surface area contributed by atoms with Gasteiger partial charge in [0.15, 0.2) is 0 Å². The molecule has 88 valence electrons. The summed E-state index contributed by atoms with van der Waals surface area (Å²) in [6, 6.07) is 4.49. The molecule has 0 radical (unpaired) electrons. The van der Waals surface area contributed by atoms with Gasteiger partial charge in [0, 0.05) is 11.6 Å². The molecule has 1 aromatic carbocycles. The predicted octanol–water partition coefficient (Wildman–Crippen LogP) is 3.22. The molecule has 0 aliphatic rings. The number of methoxy groups -OCH3 is 1. The molecule has 1 aromatic rings. The SMILES string of the molecule is C=CCCCC(O)c1ccc(OC)cc1F. The molecule has 1 rings (SSSR count). The van der Waals surface area contributed by atoms with Crippen LogP contribution in [0.25, 0.3) is 0 Å². The molecule has 1 N–H and O–H groups in total. The Morgan fingerprint density at radius 2 is 2.31 bits per heavy atom. The van der Waals surface area contributed by atoms with Gasteiger partial charge >= 0.3 is 0 Å². The van der Waals surface area contributed by atoms with Crippen LogP contribution in [0.4, 0.5) is 4.39 Å². The zero-order chi connectivity index (χ0) is 12.0. The smallest absolute Gasteiger partial charge is 0.132 e. The molecule has 1 unspecified atom stereocenters. The van der Waals surface area contributed by atoms with Crippen LogP contribution in [0.1, 0.15) is 30.9 Å². The molecule has 16 heavy (non-hydrogen) atoms. The maximum absolute atomic E-state index is 13.5. The van der Waals surface area contributed by atoms with Gasteiger partial charge in [-0.2, -0.15) is 0 Å². The highest BCUT2D eigenvalue weighted by Crippen LogP contribution is 2.25. The van der Waals surface area contributed by atoms with Crippen molar-refractivity contribution in [3.8, 4) is 5.75 Å². The van der Waals surface area contributed by atoms with Crippen LogP contribution in [0.3, 0.4) is 0 Å². The Hall–Kier alpha value is -1.35. The summed E-state index contributed by atoms with van der Waals surface area (Å²) in [5.41, 5.74) is 0.324. The van der Waals surface area contributed by atoms with Crippen molar-refractivity contribution in [1.29, 1.82) is 0 Å². The minimum absolute atomic E-state index is 0.324. The number of aliphatic hydroxyl groups excluding tert-OH is 1. The number of halogens is 1. The third-order valence-electron chi connectivity index (χ3n) is 2.45. The highest BCUT2D eigenvalue weighted by Gasteiger charge is 2.12. The first-order valence-electron chi connectivity index (χ1n) is 5.31. The van der Waals surface area contributed by atoms with Gasteiger partial charge in [0.25, 0.3) is 0 Å². The van der Waals surface area contributed by atoms with Gasteiger partial charge in [-0.05, 0) is 31.4 Å². The Morgan fingerprint density at radius 1 is 1.56 bits per heavy atom. The molecule has 0 spiro atoms. The van der Waals surface area contributed by atoms with Gasteiger partial charge in [-0.15, -0.1) is 6.58 Å². The van der Waals surface area contributed by atoms with Crippen molar-refractivity contribution in [3.05, 3.63) is 42.2 Å². The summed E-state index contributed by atoms with van der Waals surface area (Å²) in [6.45, 7) is 3.60. The fraction of sp³-hybridized carbons (Fsp3) is 0.385. The first kappa shape index (κ1) is 12.7. The molecular formula is C13H17FO2. The number of unbranched alkanes of at least 4 members (excludes halogenated alkanes) is 1. The fourth-order valence-electron chi connectivity index (χ4n) is 1.52. The monoisotopic (exact) mass is 224 g/mol. The second kappa shape index (κ2) is 6.28. The molecule has 0 aromatic heterocycles. The highest BCUT2D eigenvalue weighted by atomic mass is 19.1. The molecule has 0 aliphatic carbocycles. The molecular weight excluding hydrogens is 207 g/mol. The number of aliphatic hydroxyl groups is 1. The van der Waals surface area contributed by atoms with Crippen LogP contribution in [-0.2, 0) is 0 Å². The molecule has 2 nitrogen and oxygen atoms in total. The molecule has 1 atom stereocenters. The van der Waals surface area contributed by atoms with Crippen molar-refractivity contribution in [2.24, 2.45) is 0 Å². The van der Waals surface area contributed by atoms with E-state index in [1.165, 1.54) is 13.2 Å². The number of hydrogen-bond donors (Lipinski definition) is 1. The summed E-state index contributed by atoms with van der Waals surface area (Å²) in [6.07, 6.45) is 3.20. The van der Waals surface area contributed by atoms with E-state index in [0.717, 1.165) is 12.8 Å². The van der Waals surface area contributed by atoms with E-state index in [9.17, 15) is 9.50 Å². The van der Waals surface area contributed by atoms with Gasteiger partial charge in [-0.25, -0.2) is 4.39 Å². The van der Waals surface area contributed by atoms with Crippen molar-refractivity contribution in [2.75, 3.05) is 7.11 Å². The number of benzene rings is 1. The topological polar surface area (TPSA) is 29.5 Å². The summed E-state index contributed by atoms with van der Waals surface area (Å²) in [5, 5.41) is 9.78. The van der Waals surface area contributed by atoms with E-state index in [4.69, 9.17) is 4.74 Å². The molecule has 0 bridgehead atoms. The van der Waals surface area contributed by atoms with Crippen molar-refractivity contribution in [2.45, 2.75) is 25.4 Å². The van der Waals surface area contributed by atoms with Gasteiger partial charge in [-0.1, -0.05) is 6.08 Å². The van der Waals surface area contributed by atoms with Crippen molar-refractivity contribution >= 4 is 0 Å². The number of allylic oxidation sites excluding steroid dienone is 1. The molecule has 0 saturated carbocycles. The molecule has 0 aliphatic heterocycles. The number of ether oxygens (including phenoxy) is 1. The van der Waals surface area contributed by atoms with Gasteiger partial charge in [0.1, 0.15) is 11.6 Å². The standard InChI is InChI=1S/C13H17FO2/c1-3-4-5-6-13(15)11-8-7-10(16-2)9-12(11)14/h3,7-9,13,15H,1,4-6H2,2H3. The molecule has 0 heterocycles. The Balaban J connectivity index is 2.67. The number of rotatable bonds is 6. The second-order valence-corrected chi connectivity index (χ2v) is 3.62. The second-order valence-electron chi connectivity index (χ2n) is 3.62. The van der Waals surface area contributed by atoms with Crippen LogP contribution in [0.15, 0.2) is 30.9 Å². The normalized spacial score (nSPS) is 12.2. The molecule has 0 fully saturated rings. The van der Waals surface area contributed by atoms with E-state index in [1.54, 1.807) is 18.2 Å². The lowest BCUT2D eigenvalue weighted by atomic mass is 10.0. The van der Waals surface area contributed by atoms with E-state index < -0.39 is 11.9 Å². The van der Waals surface area contributed by atoms with E-state index in [0.29, 0.717) is 17.7 Å². The average molecular weight is 224 g/mol. The third kappa shape index (κ3) is 3.35. The van der Waals surface area contributed by atoms with E-state index in [2.05, 4.69) is 6.58 Å². The first-order chi connectivity index (χ1) is 7.69. The van der Waals surface area contributed by atoms with Crippen molar-refractivity contribution in [3.63, 3.8) is 0 Å². The summed E-state index contributed by atoms with van der Waals surface area (Å²) in [5.74, 6) is 0.0324. The van der Waals surface area contributed by atoms with Gasteiger partial charge < -0.3 is 9.84 Å². The summed E-state index contributed by atoms with van der Waals surface area (Å²) in [4.78, 5) is 0. The average Bonchev–Trinajstić information content (AvgIpc) is 2.29. The minimum atomic E-state index is -0.758. The van der Waals surface area contributed by atoms with Crippen LogP contribution in [-0.4, -0.2) is 12.2 Å². The predicted molar refractivity (Wildman–Crippen MR) is 62.0 cm³/mol. The first-order valence-corrected chi connectivity index (χ1v) is 5.31. The van der Waals surface area contributed by atoms with E-state index >= 15 is 0 Å². The highest BCUT2D eigenvalue weighted by molar-refractivity contribution is 5.30. The van der Waals surface area contributed by atoms with Crippen LogP contribution in [0, 0.1) is 5.82 Å². The Labute approximate surface area is 95.4 Å². The van der Waals surface area contributed by atoms with Crippen LogP contribution in [0.5, 0.6) is 5.75 Å². The maximum Gasteiger partial charge on any atom is 0.132 e. The van der Waals surface area contributed by atoms with Crippen molar-refractivity contribution in [1.82, 2.24) is 0 Å². The van der Waals surface area contributed by atoms with Crippen LogP contribution < -0.4 is 4.74 Å². The van der Waals surface area contributed by atoms with Gasteiger partial charge in [-0.3, -0.25) is 0 Å². The summed E-state index contributed by atoms with van der Waals surface area (Å²) < 4.78 is 18.4. The Morgan fingerprint density at radius 3 is 2.88 bits per heavy atom. The fourth-order valence-corrected chi connectivity index (χ4v) is 1.52. The van der Waals surface area contributed by atoms with Gasteiger partial charge in [0.2, 0.25) is 0 Å². The summed E-state index contributed by atoms with van der Waals surface area (Å²) >= 11 is 0. The number of hydrogen-bond acceptors (Lipinski definition) is 2. The molecule has 0 saturated heterocycles. The lowest BCUT2D eigenvalue weighted by Gasteiger charge is -2.12. The molecule has 3 heteroatoms. The molecule has 0 amide bonds. The quantitative estimate of drug-likeness (QED) is 0.594. The van der Waals surface area contributed by atoms with E-state index in [-0.39, 0.29) is 0 Å². The van der Waals surface area contributed by atoms with Gasteiger partial charge in [0.05, 0.1) is 13.2 Å². The van der Waals surface area contributed by atoms with E-state index in [1.807, 2.05) is 0 Å². The van der Waals surface area contributed by atoms with Crippen molar-refractivity contribution < 1.29 is 14.2 Å². The minimum Gasteiger partial charge on any atom is -0.497 e. The summed E-state index contributed by atoms with van der Waals surface area (Å²) in [7, 11) is 1.48. The maximum atomic E-state index is 13.5. The third-order valence-corrected chi connectivity index (χ3v) is 2.45. The zero-order valence-corrected chi connectivity index (χ0v) is 9.45. The largest absolute Gasteiger partial charge is 0.497 e. The Bertz CT molecular complexity index is 350. The Kier molecular flexibility index (Phi) is 4.99. The van der Waals surface area contributed by atoms with Crippen LogP contribution in [0.2, 0.25) is 0 Å². The lowest BCUT2D eigenvalue weighted by molar-refractivity contribution is 0.160. The lowest BCUT2D eigenvalue weighted by Crippen LogP contribution is -2.01. The van der Waals surface area contributed by atoms with Crippen LogP contribution >= 0.6 is 0 Å².